The summed E-state index contributed by atoms with van der Waals surface area (Å²) in [6, 6.07) is 4.92. The Hall–Kier alpha value is -1.58. The SMILES string of the molecule is Cc1cc(NCCCCCC(=O)O)ccc1F. The fourth-order valence-electron chi connectivity index (χ4n) is 1.57. The van der Waals surface area contributed by atoms with Crippen LogP contribution in [0.15, 0.2) is 18.2 Å². The lowest BCUT2D eigenvalue weighted by molar-refractivity contribution is -0.137. The minimum Gasteiger partial charge on any atom is -0.481 e. The topological polar surface area (TPSA) is 49.3 Å². The Morgan fingerprint density at radius 2 is 2.12 bits per heavy atom. The maximum Gasteiger partial charge on any atom is 0.303 e. The summed E-state index contributed by atoms with van der Waals surface area (Å²) in [6.07, 6.45) is 2.75. The molecule has 0 atom stereocenters. The first kappa shape index (κ1) is 13.5. The van der Waals surface area contributed by atoms with Gasteiger partial charge in [-0.05, 0) is 43.5 Å². The molecule has 0 saturated heterocycles. The van der Waals surface area contributed by atoms with Gasteiger partial charge in [-0.3, -0.25) is 4.79 Å². The lowest BCUT2D eigenvalue weighted by Gasteiger charge is -2.07. The number of aliphatic carboxylic acids is 1. The summed E-state index contributed by atoms with van der Waals surface area (Å²) in [4.78, 5) is 10.3. The second-order valence-electron chi connectivity index (χ2n) is 4.10. The Morgan fingerprint density at radius 3 is 2.76 bits per heavy atom. The number of halogens is 1. The summed E-state index contributed by atoms with van der Waals surface area (Å²) in [6.45, 7) is 2.51. The third-order valence-corrected chi connectivity index (χ3v) is 2.55. The lowest BCUT2D eigenvalue weighted by Crippen LogP contribution is -2.02. The number of anilines is 1. The molecule has 0 saturated carbocycles. The average Bonchev–Trinajstić information content (AvgIpc) is 2.27. The van der Waals surface area contributed by atoms with Crippen molar-refractivity contribution in [2.45, 2.75) is 32.6 Å². The molecule has 17 heavy (non-hydrogen) atoms. The zero-order chi connectivity index (χ0) is 12.7. The Kier molecular flexibility index (Phi) is 5.46. The first-order chi connectivity index (χ1) is 8.09. The van der Waals surface area contributed by atoms with Crippen LogP contribution in [0.25, 0.3) is 0 Å². The van der Waals surface area contributed by atoms with Crippen molar-refractivity contribution in [3.05, 3.63) is 29.6 Å². The van der Waals surface area contributed by atoms with Gasteiger partial charge in [-0.1, -0.05) is 6.42 Å². The molecule has 0 aliphatic rings. The van der Waals surface area contributed by atoms with Crippen molar-refractivity contribution in [2.75, 3.05) is 11.9 Å². The van der Waals surface area contributed by atoms with Gasteiger partial charge in [-0.25, -0.2) is 4.39 Å². The van der Waals surface area contributed by atoms with Crippen LogP contribution in [-0.4, -0.2) is 17.6 Å². The lowest BCUT2D eigenvalue weighted by atomic mass is 10.2. The molecular formula is C13H18FNO2. The summed E-state index contributed by atoms with van der Waals surface area (Å²) in [5.74, 6) is -0.941. The molecule has 3 nitrogen and oxygen atoms in total. The van der Waals surface area contributed by atoms with Crippen LogP contribution in [0.5, 0.6) is 0 Å². The number of benzene rings is 1. The predicted molar refractivity (Wildman–Crippen MR) is 65.7 cm³/mol. The second kappa shape index (κ2) is 6.89. The number of aryl methyl sites for hydroxylation is 1. The van der Waals surface area contributed by atoms with Gasteiger partial charge in [0.15, 0.2) is 0 Å². The molecule has 0 bridgehead atoms. The van der Waals surface area contributed by atoms with E-state index < -0.39 is 5.97 Å². The van der Waals surface area contributed by atoms with Crippen LogP contribution < -0.4 is 5.32 Å². The summed E-state index contributed by atoms with van der Waals surface area (Å²) >= 11 is 0. The maximum atomic E-state index is 13.0. The third kappa shape index (κ3) is 5.33. The predicted octanol–water partition coefficient (Wildman–Crippen LogP) is 3.19. The van der Waals surface area contributed by atoms with Gasteiger partial charge in [-0.2, -0.15) is 0 Å². The van der Waals surface area contributed by atoms with Crippen LogP contribution in [0.3, 0.4) is 0 Å². The van der Waals surface area contributed by atoms with E-state index in [0.717, 1.165) is 25.1 Å². The highest BCUT2D eigenvalue weighted by Crippen LogP contribution is 2.13. The van der Waals surface area contributed by atoms with Gasteiger partial charge in [0.2, 0.25) is 0 Å². The van der Waals surface area contributed by atoms with Crippen LogP contribution in [-0.2, 0) is 4.79 Å². The van der Waals surface area contributed by atoms with E-state index in [1.54, 1.807) is 19.1 Å². The quantitative estimate of drug-likeness (QED) is 0.718. The van der Waals surface area contributed by atoms with Gasteiger partial charge in [0.05, 0.1) is 0 Å². The normalized spacial score (nSPS) is 10.2. The minimum atomic E-state index is -0.743. The molecular weight excluding hydrogens is 221 g/mol. The van der Waals surface area contributed by atoms with Gasteiger partial charge in [0.25, 0.3) is 0 Å². The first-order valence-corrected chi connectivity index (χ1v) is 5.81. The van der Waals surface area contributed by atoms with E-state index in [2.05, 4.69) is 5.32 Å². The molecule has 0 aromatic heterocycles. The molecule has 0 aliphatic heterocycles. The van der Waals surface area contributed by atoms with E-state index in [4.69, 9.17) is 5.11 Å². The van der Waals surface area contributed by atoms with Gasteiger partial charge in [0, 0.05) is 18.7 Å². The molecule has 0 amide bonds. The van der Waals surface area contributed by atoms with Crippen LogP contribution in [0.1, 0.15) is 31.2 Å². The molecule has 2 N–H and O–H groups in total. The largest absolute Gasteiger partial charge is 0.481 e. The second-order valence-corrected chi connectivity index (χ2v) is 4.10. The van der Waals surface area contributed by atoms with Crippen molar-refractivity contribution < 1.29 is 14.3 Å². The highest BCUT2D eigenvalue weighted by atomic mass is 19.1. The summed E-state index contributed by atoms with van der Waals surface area (Å²) < 4.78 is 13.0. The molecule has 0 radical (unpaired) electrons. The van der Waals surface area contributed by atoms with Crippen molar-refractivity contribution in [3.8, 4) is 0 Å². The molecule has 0 spiro atoms. The summed E-state index contributed by atoms with van der Waals surface area (Å²) in [7, 11) is 0. The van der Waals surface area contributed by atoms with E-state index in [0.29, 0.717) is 12.0 Å². The van der Waals surface area contributed by atoms with Gasteiger partial charge in [-0.15, -0.1) is 0 Å². The highest BCUT2D eigenvalue weighted by Gasteiger charge is 1.99. The first-order valence-electron chi connectivity index (χ1n) is 5.81. The van der Waals surface area contributed by atoms with Gasteiger partial charge in [0.1, 0.15) is 5.82 Å². The zero-order valence-corrected chi connectivity index (χ0v) is 10.0. The number of rotatable bonds is 7. The van der Waals surface area contributed by atoms with E-state index in [1.165, 1.54) is 6.07 Å². The fraction of sp³-hybridized carbons (Fsp3) is 0.462. The molecule has 1 aromatic carbocycles. The molecule has 0 fully saturated rings. The maximum absolute atomic E-state index is 13.0. The van der Waals surface area contributed by atoms with E-state index in [-0.39, 0.29) is 12.2 Å². The average molecular weight is 239 g/mol. The molecule has 0 aliphatic carbocycles. The molecule has 1 rings (SSSR count). The summed E-state index contributed by atoms with van der Waals surface area (Å²) in [5, 5.41) is 11.6. The number of carbonyl (C=O) groups is 1. The number of nitrogens with one attached hydrogen (secondary N) is 1. The van der Waals surface area contributed by atoms with Crippen molar-refractivity contribution in [3.63, 3.8) is 0 Å². The van der Waals surface area contributed by atoms with Crippen molar-refractivity contribution in [1.82, 2.24) is 0 Å². The molecule has 1 aromatic rings. The fourth-order valence-corrected chi connectivity index (χ4v) is 1.57. The Bertz CT molecular complexity index is 380. The number of carboxylic acid groups (broad SMARTS) is 1. The standard InChI is InChI=1S/C13H18FNO2/c1-10-9-11(6-7-12(10)14)15-8-4-2-3-5-13(16)17/h6-7,9,15H,2-5,8H2,1H3,(H,16,17). The Labute approximate surface area is 101 Å². The molecule has 4 heteroatoms. The number of hydrogen-bond acceptors (Lipinski definition) is 2. The zero-order valence-electron chi connectivity index (χ0n) is 10.0. The van der Waals surface area contributed by atoms with E-state index in [1.807, 2.05) is 0 Å². The molecule has 0 heterocycles. The van der Waals surface area contributed by atoms with Crippen LogP contribution in [0.4, 0.5) is 10.1 Å². The van der Waals surface area contributed by atoms with E-state index in [9.17, 15) is 9.18 Å². The smallest absolute Gasteiger partial charge is 0.303 e. The molecule has 94 valence electrons. The Morgan fingerprint density at radius 1 is 1.35 bits per heavy atom. The van der Waals surface area contributed by atoms with Gasteiger partial charge < -0.3 is 10.4 Å². The van der Waals surface area contributed by atoms with Crippen molar-refractivity contribution in [1.29, 1.82) is 0 Å². The van der Waals surface area contributed by atoms with Crippen LogP contribution in [0, 0.1) is 12.7 Å². The van der Waals surface area contributed by atoms with Gasteiger partial charge >= 0.3 is 5.97 Å². The van der Waals surface area contributed by atoms with E-state index >= 15 is 0 Å². The number of hydrogen-bond donors (Lipinski definition) is 2. The monoisotopic (exact) mass is 239 g/mol. The van der Waals surface area contributed by atoms with Crippen molar-refractivity contribution in [2.24, 2.45) is 0 Å². The highest BCUT2D eigenvalue weighted by molar-refractivity contribution is 5.66. The third-order valence-electron chi connectivity index (χ3n) is 2.55. The number of unbranched alkanes of at least 4 members (excludes halogenated alkanes) is 2. The number of carboxylic acids is 1. The summed E-state index contributed by atoms with van der Waals surface area (Å²) in [5.41, 5.74) is 1.53. The van der Waals surface area contributed by atoms with Crippen molar-refractivity contribution >= 4 is 11.7 Å². The Balaban J connectivity index is 2.18. The molecule has 0 unspecified atom stereocenters. The van der Waals surface area contributed by atoms with Crippen LogP contribution in [0.2, 0.25) is 0 Å². The minimum absolute atomic E-state index is 0.197. The van der Waals surface area contributed by atoms with Crippen LogP contribution >= 0.6 is 0 Å².